The fraction of sp³-hybridized carbons (Fsp3) is 0.333. The highest BCUT2D eigenvalue weighted by atomic mass is 32.2. The highest BCUT2D eigenvalue weighted by Gasteiger charge is 2.17. The topological polar surface area (TPSA) is 87.7 Å². The Labute approximate surface area is 166 Å². The predicted octanol–water partition coefficient (Wildman–Crippen LogP) is 3.15. The van der Waals surface area contributed by atoms with Crippen LogP contribution >= 0.6 is 0 Å². The maximum atomic E-state index is 12.6. The molecule has 0 fully saturated rings. The lowest BCUT2D eigenvalue weighted by Gasteiger charge is -2.11. The molecule has 148 valence electrons. The second-order valence-electron chi connectivity index (χ2n) is 7.21. The summed E-state index contributed by atoms with van der Waals surface area (Å²) in [5, 5.41) is 7.13. The van der Waals surface area contributed by atoms with Gasteiger partial charge in [-0.25, -0.2) is 18.1 Å². The smallest absolute Gasteiger partial charge is 0.240 e. The van der Waals surface area contributed by atoms with Gasteiger partial charge in [0, 0.05) is 19.4 Å². The fourth-order valence-corrected chi connectivity index (χ4v) is 4.36. The summed E-state index contributed by atoms with van der Waals surface area (Å²) in [6.07, 6.45) is 1.09. The van der Waals surface area contributed by atoms with Gasteiger partial charge < -0.3 is 0 Å². The molecule has 0 unspecified atom stereocenters. The van der Waals surface area contributed by atoms with Crippen molar-refractivity contribution in [3.8, 4) is 0 Å². The Kier molecular flexibility index (Phi) is 5.96. The number of aromatic nitrogens is 3. The average Bonchev–Trinajstić information content (AvgIpc) is 3.07. The number of aryl methyl sites for hydroxylation is 4. The van der Waals surface area contributed by atoms with E-state index in [-0.39, 0.29) is 6.54 Å². The summed E-state index contributed by atoms with van der Waals surface area (Å²) < 4.78 is 27.9. The Morgan fingerprint density at radius 2 is 1.64 bits per heavy atom. The largest absolute Gasteiger partial charge is 0.263 e. The van der Waals surface area contributed by atoms with E-state index in [1.807, 2.05) is 26.8 Å². The maximum Gasteiger partial charge on any atom is 0.240 e. The number of aromatic amines is 1. The number of H-pyrrole nitrogens is 1. The van der Waals surface area contributed by atoms with Crippen LogP contribution in [0.4, 0.5) is 0 Å². The number of hydrogen-bond acceptors (Lipinski definition) is 4. The normalized spacial score (nSPS) is 11.7. The fourth-order valence-electron chi connectivity index (χ4n) is 3.02. The van der Waals surface area contributed by atoms with Crippen molar-refractivity contribution in [3.63, 3.8) is 0 Å². The standard InChI is InChI=1S/C21H26N4O2S/c1-14-5-7-18(8-6-14)13-21-23-20(24-25-21)9-10-22-28(26,27)19-12-16(3)15(2)11-17(19)4/h5-8,11-12,22H,9-10,13H2,1-4H3,(H,23,24,25). The van der Waals surface area contributed by atoms with Gasteiger partial charge in [0.15, 0.2) is 5.82 Å². The summed E-state index contributed by atoms with van der Waals surface area (Å²) >= 11 is 0. The van der Waals surface area contributed by atoms with Gasteiger partial charge in [-0.1, -0.05) is 35.9 Å². The second kappa shape index (κ2) is 8.24. The van der Waals surface area contributed by atoms with Crippen LogP contribution in [0.2, 0.25) is 0 Å². The number of hydrogen-bond donors (Lipinski definition) is 2. The molecule has 2 N–H and O–H groups in total. The molecule has 0 spiro atoms. The predicted molar refractivity (Wildman–Crippen MR) is 110 cm³/mol. The van der Waals surface area contributed by atoms with E-state index in [9.17, 15) is 8.42 Å². The van der Waals surface area contributed by atoms with E-state index in [0.29, 0.717) is 23.6 Å². The highest BCUT2D eigenvalue weighted by Crippen LogP contribution is 2.19. The Balaban J connectivity index is 1.60. The molecule has 0 bridgehead atoms. The van der Waals surface area contributed by atoms with Crippen LogP contribution in [0.3, 0.4) is 0 Å². The van der Waals surface area contributed by atoms with E-state index in [2.05, 4.69) is 51.1 Å². The first-order valence-corrected chi connectivity index (χ1v) is 10.8. The third-order valence-corrected chi connectivity index (χ3v) is 6.39. The summed E-state index contributed by atoms with van der Waals surface area (Å²) in [7, 11) is -3.56. The molecule has 0 aliphatic carbocycles. The summed E-state index contributed by atoms with van der Waals surface area (Å²) in [6.45, 7) is 8.00. The molecule has 0 saturated heterocycles. The number of benzene rings is 2. The molecule has 3 rings (SSSR count). The lowest BCUT2D eigenvalue weighted by molar-refractivity contribution is 0.580. The number of nitrogens with zero attached hydrogens (tertiary/aromatic N) is 2. The molecule has 0 amide bonds. The summed E-state index contributed by atoms with van der Waals surface area (Å²) in [4.78, 5) is 4.79. The lowest BCUT2D eigenvalue weighted by atomic mass is 10.1. The van der Waals surface area contributed by atoms with Crippen LogP contribution in [0, 0.1) is 27.7 Å². The van der Waals surface area contributed by atoms with E-state index in [1.54, 1.807) is 6.07 Å². The number of sulfonamides is 1. The molecule has 0 radical (unpaired) electrons. The van der Waals surface area contributed by atoms with Gasteiger partial charge in [0.1, 0.15) is 5.82 Å². The Morgan fingerprint density at radius 1 is 0.964 bits per heavy atom. The van der Waals surface area contributed by atoms with Crippen molar-refractivity contribution < 1.29 is 8.42 Å². The first kappa shape index (κ1) is 20.2. The minimum atomic E-state index is -3.56. The van der Waals surface area contributed by atoms with Gasteiger partial charge in [0.25, 0.3) is 0 Å². The molecule has 3 aromatic rings. The lowest BCUT2D eigenvalue weighted by Crippen LogP contribution is -2.27. The third kappa shape index (κ3) is 4.85. The van der Waals surface area contributed by atoms with Crippen molar-refractivity contribution in [3.05, 3.63) is 75.9 Å². The zero-order valence-corrected chi connectivity index (χ0v) is 17.5. The van der Waals surface area contributed by atoms with Crippen LogP contribution in [0.5, 0.6) is 0 Å². The summed E-state index contributed by atoms with van der Waals surface area (Å²) in [5.41, 5.74) is 5.15. The van der Waals surface area contributed by atoms with E-state index in [0.717, 1.165) is 28.1 Å². The second-order valence-corrected chi connectivity index (χ2v) is 8.95. The van der Waals surface area contributed by atoms with E-state index >= 15 is 0 Å². The van der Waals surface area contributed by atoms with Gasteiger partial charge in [-0.15, -0.1) is 0 Å². The van der Waals surface area contributed by atoms with Crippen molar-refractivity contribution in [2.45, 2.75) is 45.4 Å². The highest BCUT2D eigenvalue weighted by molar-refractivity contribution is 7.89. The molecule has 7 heteroatoms. The van der Waals surface area contributed by atoms with Gasteiger partial charge in [-0.2, -0.15) is 5.10 Å². The first-order valence-electron chi connectivity index (χ1n) is 9.28. The van der Waals surface area contributed by atoms with Crippen LogP contribution in [0.1, 0.15) is 39.5 Å². The Bertz CT molecular complexity index is 1070. The van der Waals surface area contributed by atoms with Crippen LogP contribution in [-0.4, -0.2) is 30.1 Å². The molecule has 0 atom stereocenters. The maximum absolute atomic E-state index is 12.6. The van der Waals surface area contributed by atoms with Gasteiger partial charge in [-0.3, -0.25) is 5.10 Å². The van der Waals surface area contributed by atoms with Gasteiger partial charge in [0.05, 0.1) is 4.90 Å². The quantitative estimate of drug-likeness (QED) is 0.640. The van der Waals surface area contributed by atoms with E-state index in [4.69, 9.17) is 0 Å². The van der Waals surface area contributed by atoms with Crippen LogP contribution in [0.25, 0.3) is 0 Å². The van der Waals surface area contributed by atoms with E-state index < -0.39 is 10.0 Å². The van der Waals surface area contributed by atoms with Crippen molar-refractivity contribution in [2.24, 2.45) is 0 Å². The molecular weight excluding hydrogens is 372 g/mol. The SMILES string of the molecule is Cc1ccc(Cc2nc(CCNS(=O)(=O)c3cc(C)c(C)cc3C)n[nH]2)cc1. The minimum absolute atomic E-state index is 0.247. The number of nitrogens with one attached hydrogen (secondary N) is 2. The average molecular weight is 399 g/mol. The van der Waals surface area contributed by atoms with Crippen molar-refractivity contribution in [2.75, 3.05) is 6.54 Å². The van der Waals surface area contributed by atoms with Gasteiger partial charge >= 0.3 is 0 Å². The van der Waals surface area contributed by atoms with Gasteiger partial charge in [0.2, 0.25) is 10.0 Å². The molecule has 2 aromatic carbocycles. The van der Waals surface area contributed by atoms with Crippen LogP contribution in [-0.2, 0) is 22.9 Å². The molecule has 0 aliphatic heterocycles. The monoisotopic (exact) mass is 398 g/mol. The molecular formula is C21H26N4O2S. The Morgan fingerprint density at radius 3 is 2.36 bits per heavy atom. The number of rotatable bonds is 7. The van der Waals surface area contributed by atoms with Gasteiger partial charge in [-0.05, 0) is 56.0 Å². The van der Waals surface area contributed by atoms with Crippen molar-refractivity contribution in [1.82, 2.24) is 19.9 Å². The third-order valence-electron chi connectivity index (χ3n) is 4.79. The zero-order chi connectivity index (χ0) is 20.3. The zero-order valence-electron chi connectivity index (χ0n) is 16.7. The molecule has 28 heavy (non-hydrogen) atoms. The van der Waals surface area contributed by atoms with Crippen LogP contribution < -0.4 is 4.72 Å². The van der Waals surface area contributed by atoms with Crippen molar-refractivity contribution in [1.29, 1.82) is 0 Å². The molecule has 0 aliphatic rings. The Hall–Kier alpha value is -2.51. The van der Waals surface area contributed by atoms with Crippen molar-refractivity contribution >= 4 is 10.0 Å². The van der Waals surface area contributed by atoms with E-state index in [1.165, 1.54) is 5.56 Å². The summed E-state index contributed by atoms with van der Waals surface area (Å²) in [6, 6.07) is 11.9. The molecule has 1 heterocycles. The summed E-state index contributed by atoms with van der Waals surface area (Å²) in [5.74, 6) is 1.37. The van der Waals surface area contributed by atoms with Crippen LogP contribution in [0.15, 0.2) is 41.3 Å². The first-order chi connectivity index (χ1) is 13.2. The molecule has 6 nitrogen and oxygen atoms in total. The molecule has 1 aromatic heterocycles. The molecule has 0 saturated carbocycles. The minimum Gasteiger partial charge on any atom is -0.263 e.